The van der Waals surface area contributed by atoms with Gasteiger partial charge in [0.05, 0.1) is 16.3 Å². The highest BCUT2D eigenvalue weighted by molar-refractivity contribution is 7.91. The van der Waals surface area contributed by atoms with Crippen molar-refractivity contribution in [3.05, 3.63) is 96.1 Å². The number of hydrazone groups is 1. The van der Waals surface area contributed by atoms with Gasteiger partial charge in [0.25, 0.3) is 10.0 Å². The van der Waals surface area contributed by atoms with Crippen molar-refractivity contribution in [2.75, 3.05) is 5.01 Å². The van der Waals surface area contributed by atoms with Crippen LogP contribution < -0.4 is 15.0 Å². The van der Waals surface area contributed by atoms with E-state index in [9.17, 15) is 13.2 Å². The lowest BCUT2D eigenvalue weighted by molar-refractivity contribution is -0.118. The lowest BCUT2D eigenvalue weighted by Gasteiger charge is -2.24. The van der Waals surface area contributed by atoms with E-state index in [0.717, 1.165) is 16.8 Å². The van der Waals surface area contributed by atoms with Crippen LogP contribution in [0, 0.1) is 0 Å². The molecule has 0 spiro atoms. The molecule has 0 saturated carbocycles. The Morgan fingerprint density at radius 2 is 1.55 bits per heavy atom. The zero-order chi connectivity index (χ0) is 23.3. The molecule has 0 aliphatic carbocycles. The van der Waals surface area contributed by atoms with Crippen LogP contribution in [0.4, 0.5) is 5.69 Å². The van der Waals surface area contributed by atoms with Gasteiger partial charge >= 0.3 is 0 Å². The van der Waals surface area contributed by atoms with Gasteiger partial charge < -0.3 is 5.32 Å². The topological polar surface area (TPSA) is 90.9 Å². The maximum absolute atomic E-state index is 12.7. The standard InChI is InChI=1S/C24H22N4O3S2/c29-23-16-15-22(19-9-5-2-6-10-19)26-28(23)20-11-13-21(14-12-20)33(30,31)27-24(32)25-17-18-7-3-1-4-8-18/h1-14H,15-17H2,(H2,25,27,32). The number of carbonyl (C=O) groups excluding carboxylic acids is 1. The third-order valence-corrected chi connectivity index (χ3v) is 6.80. The largest absolute Gasteiger partial charge is 0.358 e. The first-order chi connectivity index (χ1) is 15.9. The van der Waals surface area contributed by atoms with Crippen molar-refractivity contribution in [2.24, 2.45) is 5.10 Å². The average molecular weight is 479 g/mol. The lowest BCUT2D eigenvalue weighted by Crippen LogP contribution is -2.38. The Labute approximate surface area is 198 Å². The molecular weight excluding hydrogens is 456 g/mol. The molecule has 0 unspecified atom stereocenters. The van der Waals surface area contributed by atoms with E-state index in [0.29, 0.717) is 25.1 Å². The highest BCUT2D eigenvalue weighted by Gasteiger charge is 2.23. The van der Waals surface area contributed by atoms with Gasteiger partial charge in [-0.1, -0.05) is 60.7 Å². The maximum atomic E-state index is 12.7. The number of hydrogen-bond donors (Lipinski definition) is 2. The molecule has 1 amide bonds. The van der Waals surface area contributed by atoms with Crippen LogP contribution in [-0.2, 0) is 21.4 Å². The number of sulfonamides is 1. The smallest absolute Gasteiger partial charge is 0.263 e. The fourth-order valence-corrected chi connectivity index (χ4v) is 4.68. The van der Waals surface area contributed by atoms with Gasteiger partial charge in [-0.3, -0.25) is 9.52 Å². The van der Waals surface area contributed by atoms with Gasteiger partial charge in [0.15, 0.2) is 5.11 Å². The van der Waals surface area contributed by atoms with Gasteiger partial charge in [-0.05, 0) is 47.6 Å². The molecule has 33 heavy (non-hydrogen) atoms. The summed E-state index contributed by atoms with van der Waals surface area (Å²) >= 11 is 5.13. The first kappa shape index (κ1) is 22.6. The Morgan fingerprint density at radius 1 is 0.909 bits per heavy atom. The number of benzene rings is 3. The molecular formula is C24H22N4O3S2. The third kappa shape index (κ3) is 5.63. The molecule has 3 aromatic rings. The molecule has 0 saturated heterocycles. The van der Waals surface area contributed by atoms with Crippen molar-refractivity contribution in [1.29, 1.82) is 0 Å². The number of thiocarbonyl (C=S) groups is 1. The Morgan fingerprint density at radius 3 is 2.21 bits per heavy atom. The zero-order valence-electron chi connectivity index (χ0n) is 17.6. The quantitative estimate of drug-likeness (QED) is 0.529. The van der Waals surface area contributed by atoms with Gasteiger partial charge in [0.1, 0.15) is 0 Å². The number of carbonyl (C=O) groups is 1. The molecule has 2 N–H and O–H groups in total. The van der Waals surface area contributed by atoms with E-state index in [2.05, 4.69) is 15.1 Å². The number of anilines is 1. The van der Waals surface area contributed by atoms with E-state index < -0.39 is 10.0 Å². The van der Waals surface area contributed by atoms with Crippen LogP contribution >= 0.6 is 12.2 Å². The zero-order valence-corrected chi connectivity index (χ0v) is 19.3. The normalized spacial score (nSPS) is 13.9. The molecule has 0 aromatic heterocycles. The van der Waals surface area contributed by atoms with E-state index in [1.807, 2.05) is 60.7 Å². The summed E-state index contributed by atoms with van der Waals surface area (Å²) in [6.45, 7) is 0.403. The Bertz CT molecular complexity index is 1280. The summed E-state index contributed by atoms with van der Waals surface area (Å²) < 4.78 is 27.8. The minimum absolute atomic E-state index is 0.00578. The SMILES string of the molecule is O=C1CCC(c2ccccc2)=NN1c1ccc(S(=O)(=O)NC(=S)NCc2ccccc2)cc1. The molecule has 1 aliphatic rings. The summed E-state index contributed by atoms with van der Waals surface area (Å²) in [5, 5.41) is 8.71. The molecule has 1 aliphatic heterocycles. The van der Waals surface area contributed by atoms with Crippen LogP contribution in [0.2, 0.25) is 0 Å². The minimum Gasteiger partial charge on any atom is -0.358 e. The third-order valence-electron chi connectivity index (χ3n) is 5.05. The molecule has 1 heterocycles. The summed E-state index contributed by atoms with van der Waals surface area (Å²) in [7, 11) is -3.87. The Balaban J connectivity index is 1.45. The predicted molar refractivity (Wildman–Crippen MR) is 132 cm³/mol. The lowest BCUT2D eigenvalue weighted by atomic mass is 10.0. The van der Waals surface area contributed by atoms with Crippen molar-refractivity contribution in [3.8, 4) is 0 Å². The van der Waals surface area contributed by atoms with Gasteiger partial charge in [-0.2, -0.15) is 5.10 Å². The predicted octanol–water partition coefficient (Wildman–Crippen LogP) is 3.57. The first-order valence-corrected chi connectivity index (χ1v) is 12.2. The highest BCUT2D eigenvalue weighted by Crippen LogP contribution is 2.24. The van der Waals surface area contributed by atoms with E-state index in [4.69, 9.17) is 12.2 Å². The van der Waals surface area contributed by atoms with Crippen LogP contribution in [0.5, 0.6) is 0 Å². The van der Waals surface area contributed by atoms with E-state index >= 15 is 0 Å². The van der Waals surface area contributed by atoms with E-state index in [1.165, 1.54) is 17.1 Å². The summed E-state index contributed by atoms with van der Waals surface area (Å²) in [5.74, 6) is -0.144. The number of rotatable bonds is 6. The fourth-order valence-electron chi connectivity index (χ4n) is 3.35. The first-order valence-electron chi connectivity index (χ1n) is 10.3. The molecule has 0 bridgehead atoms. The monoisotopic (exact) mass is 478 g/mol. The van der Waals surface area contributed by atoms with E-state index in [1.54, 1.807) is 12.1 Å². The second-order valence-corrected chi connectivity index (χ2v) is 9.48. The molecule has 4 rings (SSSR count). The van der Waals surface area contributed by atoms with E-state index in [-0.39, 0.29) is 15.9 Å². The van der Waals surface area contributed by atoms with Gasteiger partial charge in [0, 0.05) is 19.4 Å². The number of nitrogens with one attached hydrogen (secondary N) is 2. The van der Waals surface area contributed by atoms with Crippen molar-refractivity contribution in [3.63, 3.8) is 0 Å². The van der Waals surface area contributed by atoms with Gasteiger partial charge in [-0.15, -0.1) is 0 Å². The fraction of sp³-hybridized carbons (Fsp3) is 0.125. The van der Waals surface area contributed by atoms with Crippen LogP contribution in [0.25, 0.3) is 0 Å². The minimum atomic E-state index is -3.87. The second-order valence-electron chi connectivity index (χ2n) is 7.39. The summed E-state index contributed by atoms with van der Waals surface area (Å²) in [4.78, 5) is 12.5. The van der Waals surface area contributed by atoms with Crippen molar-refractivity contribution < 1.29 is 13.2 Å². The number of amides is 1. The van der Waals surface area contributed by atoms with Crippen molar-refractivity contribution >= 4 is 44.7 Å². The summed E-state index contributed by atoms with van der Waals surface area (Å²) in [6.07, 6.45) is 0.889. The summed E-state index contributed by atoms with van der Waals surface area (Å²) in [5.41, 5.74) is 3.24. The van der Waals surface area contributed by atoms with Crippen LogP contribution in [0.3, 0.4) is 0 Å². The number of hydrogen-bond acceptors (Lipinski definition) is 5. The maximum Gasteiger partial charge on any atom is 0.263 e. The molecule has 0 atom stereocenters. The molecule has 9 heteroatoms. The van der Waals surface area contributed by atoms with Crippen LogP contribution in [0.15, 0.2) is 94.9 Å². The van der Waals surface area contributed by atoms with Crippen molar-refractivity contribution in [2.45, 2.75) is 24.3 Å². The molecule has 7 nitrogen and oxygen atoms in total. The molecule has 0 fully saturated rings. The average Bonchev–Trinajstić information content (AvgIpc) is 2.84. The molecule has 3 aromatic carbocycles. The van der Waals surface area contributed by atoms with Crippen LogP contribution in [0.1, 0.15) is 24.0 Å². The molecule has 0 radical (unpaired) electrons. The van der Waals surface area contributed by atoms with Crippen molar-refractivity contribution in [1.82, 2.24) is 10.0 Å². The van der Waals surface area contributed by atoms with Crippen LogP contribution in [-0.4, -0.2) is 25.1 Å². The Kier molecular flexibility index (Phi) is 6.81. The second kappa shape index (κ2) is 9.93. The van der Waals surface area contributed by atoms with Gasteiger partial charge in [0.2, 0.25) is 5.91 Å². The highest BCUT2D eigenvalue weighted by atomic mass is 32.2. The molecule has 168 valence electrons. The number of nitrogens with zero attached hydrogens (tertiary/aromatic N) is 2. The van der Waals surface area contributed by atoms with Gasteiger partial charge in [-0.25, -0.2) is 13.4 Å². The Hall–Kier alpha value is -3.56. The summed E-state index contributed by atoms with van der Waals surface area (Å²) in [6, 6.07) is 25.2.